The van der Waals surface area contributed by atoms with Gasteiger partial charge < -0.3 is 14.9 Å². The molecule has 222 valence electrons. The highest BCUT2D eigenvalue weighted by Gasteiger charge is 2.41. The maximum Gasteiger partial charge on any atom is 0.336 e. The molecule has 6 rings (SSSR count). The van der Waals surface area contributed by atoms with Crippen LogP contribution in [0.15, 0.2) is 60.7 Å². The number of allylic oxidation sites excluding steroid dienone is 2. The molecule has 0 aliphatic carbocycles. The molecule has 3 heterocycles. The Morgan fingerprint density at radius 3 is 2.21 bits per heavy atom. The highest BCUT2D eigenvalue weighted by Crippen LogP contribution is 2.48. The minimum Gasteiger partial charge on any atom is -0.478 e. The number of carbonyl (C=O) groups is 1. The van der Waals surface area contributed by atoms with Crippen molar-refractivity contribution in [1.82, 2.24) is 4.58 Å². The molecule has 0 amide bonds. The lowest BCUT2D eigenvalue weighted by Gasteiger charge is -2.43. The van der Waals surface area contributed by atoms with E-state index in [0.717, 1.165) is 46.4 Å². The second-order valence-corrected chi connectivity index (χ2v) is 15.1. The predicted molar refractivity (Wildman–Crippen MR) is 176 cm³/mol. The van der Waals surface area contributed by atoms with Crippen molar-refractivity contribution in [2.45, 2.75) is 66.5 Å². The average molecular weight is 596 g/mol. The van der Waals surface area contributed by atoms with Gasteiger partial charge in [0.25, 0.3) is 7.37 Å². The van der Waals surface area contributed by atoms with E-state index in [9.17, 15) is 19.4 Å². The Morgan fingerprint density at radius 2 is 1.56 bits per heavy atom. The molecule has 3 aliphatic heterocycles. The summed E-state index contributed by atoms with van der Waals surface area (Å²) in [6, 6.07) is 14.8. The van der Waals surface area contributed by atoms with Crippen LogP contribution in [0, 0.1) is 0 Å². The van der Waals surface area contributed by atoms with Crippen LogP contribution in [-0.2, 0) is 4.57 Å². The number of carboxylic acids is 1. The summed E-state index contributed by atoms with van der Waals surface area (Å²) in [5.74, 6) is -1.04. The Balaban J connectivity index is 1.85. The topological polar surface area (TPSA) is 80.9 Å². The highest BCUT2D eigenvalue weighted by atomic mass is 31.2. The Kier molecular flexibility index (Phi) is 6.58. The first-order valence-corrected chi connectivity index (χ1v) is 16.6. The lowest BCUT2D eigenvalue weighted by atomic mass is 9.84. The largest absolute Gasteiger partial charge is 0.478 e. The van der Waals surface area contributed by atoms with Gasteiger partial charge >= 0.3 is 5.97 Å². The van der Waals surface area contributed by atoms with E-state index in [-0.39, 0.29) is 16.6 Å². The van der Waals surface area contributed by atoms with Crippen LogP contribution in [-0.4, -0.2) is 40.1 Å². The van der Waals surface area contributed by atoms with Gasteiger partial charge in [-0.15, -0.1) is 0 Å². The molecule has 0 saturated carbocycles. The summed E-state index contributed by atoms with van der Waals surface area (Å²) in [7, 11) is -4.11. The number of carboxylic acid groups (broad SMARTS) is 1. The van der Waals surface area contributed by atoms with Crippen molar-refractivity contribution in [3.63, 3.8) is 0 Å². The molecule has 0 saturated heterocycles. The van der Waals surface area contributed by atoms with Crippen molar-refractivity contribution in [2.24, 2.45) is 0 Å². The first-order chi connectivity index (χ1) is 20.1. The van der Waals surface area contributed by atoms with Crippen LogP contribution in [0.4, 0.5) is 5.69 Å². The number of anilines is 1. The Hall–Kier alpha value is -3.73. The van der Waals surface area contributed by atoms with Crippen LogP contribution >= 0.6 is 7.37 Å². The number of likely N-dealkylation sites (N-methyl/N-ethyl adjacent to an activating group) is 2. The quantitative estimate of drug-likeness (QED) is 0.332. The Bertz CT molecular complexity index is 2000. The van der Waals surface area contributed by atoms with Crippen LogP contribution < -0.4 is 30.7 Å². The molecular formula is C36H40N2O4P+. The van der Waals surface area contributed by atoms with Gasteiger partial charge in [-0.2, -0.15) is 0 Å². The maximum atomic E-state index is 14.9. The molecule has 6 nitrogen and oxygen atoms in total. The second-order valence-electron chi connectivity index (χ2n) is 13.0. The van der Waals surface area contributed by atoms with E-state index in [0.29, 0.717) is 32.5 Å². The summed E-state index contributed by atoms with van der Waals surface area (Å²) in [5, 5.41) is 12.5. The van der Waals surface area contributed by atoms with Crippen molar-refractivity contribution >= 4 is 46.4 Å². The van der Waals surface area contributed by atoms with Gasteiger partial charge in [-0.1, -0.05) is 24.3 Å². The van der Waals surface area contributed by atoms with E-state index >= 15 is 0 Å². The molecule has 3 aromatic carbocycles. The van der Waals surface area contributed by atoms with Gasteiger partial charge in [0.2, 0.25) is 5.36 Å². The highest BCUT2D eigenvalue weighted by molar-refractivity contribution is 7.73. The third-order valence-corrected chi connectivity index (χ3v) is 11.5. The van der Waals surface area contributed by atoms with E-state index < -0.39 is 13.3 Å². The van der Waals surface area contributed by atoms with Gasteiger partial charge in [-0.3, -0.25) is 4.57 Å². The zero-order chi connectivity index (χ0) is 31.2. The molecule has 2 N–H and O–H groups in total. The van der Waals surface area contributed by atoms with Crippen LogP contribution in [0.1, 0.15) is 88.0 Å². The van der Waals surface area contributed by atoms with E-state index in [1.165, 1.54) is 0 Å². The molecule has 0 spiro atoms. The molecule has 0 fully saturated rings. The van der Waals surface area contributed by atoms with Crippen molar-refractivity contribution in [3.8, 4) is 0 Å². The normalized spacial score (nSPS) is 21.3. The van der Waals surface area contributed by atoms with Gasteiger partial charge in [0, 0.05) is 43.3 Å². The summed E-state index contributed by atoms with van der Waals surface area (Å²) >= 11 is 0. The summed E-state index contributed by atoms with van der Waals surface area (Å²) in [5.41, 5.74) is 6.50. The number of nitrogens with zero attached hydrogens (tertiary/aromatic N) is 2. The number of fused-ring (bicyclic) bond motifs is 4. The van der Waals surface area contributed by atoms with E-state index in [4.69, 9.17) is 0 Å². The first-order valence-electron chi connectivity index (χ1n) is 15.0. The number of hydrogen-bond acceptors (Lipinski definition) is 3. The van der Waals surface area contributed by atoms with Crippen LogP contribution in [0.25, 0.3) is 16.7 Å². The zero-order valence-electron chi connectivity index (χ0n) is 26.2. The van der Waals surface area contributed by atoms with Gasteiger partial charge in [0.15, 0.2) is 5.54 Å². The maximum absolute atomic E-state index is 14.9. The van der Waals surface area contributed by atoms with Gasteiger partial charge in [0.1, 0.15) is 6.54 Å². The fraction of sp³-hybridized carbons (Fsp3) is 0.333. The Labute approximate surface area is 253 Å². The smallest absolute Gasteiger partial charge is 0.336 e. The number of benzene rings is 3. The van der Waals surface area contributed by atoms with Crippen molar-refractivity contribution in [2.75, 3.05) is 18.0 Å². The van der Waals surface area contributed by atoms with Gasteiger partial charge in [0.05, 0.1) is 21.7 Å². The zero-order valence-corrected chi connectivity index (χ0v) is 27.1. The van der Waals surface area contributed by atoms with Gasteiger partial charge in [-0.05, 0) is 105 Å². The minimum atomic E-state index is -4.11. The molecule has 7 heteroatoms. The fourth-order valence-electron chi connectivity index (χ4n) is 7.74. The third-order valence-electron chi connectivity index (χ3n) is 9.44. The van der Waals surface area contributed by atoms with Crippen LogP contribution in [0.2, 0.25) is 0 Å². The van der Waals surface area contributed by atoms with Crippen LogP contribution in [0.3, 0.4) is 0 Å². The summed E-state index contributed by atoms with van der Waals surface area (Å²) < 4.78 is 17.1. The molecule has 1 unspecified atom stereocenters. The van der Waals surface area contributed by atoms with Crippen molar-refractivity contribution < 1.29 is 19.4 Å². The molecule has 43 heavy (non-hydrogen) atoms. The van der Waals surface area contributed by atoms with E-state index in [1.807, 2.05) is 36.4 Å². The molecule has 0 aromatic heterocycles. The SMILES string of the molecule is CCN1c2cc3c(cc2C(C)=CC1(C)C)C(c1ccccc1C(=O)O)=c1cc2c(cc1P3(=O)O)=[N+](CC)C(C)(C)C=C2C. The molecule has 3 aromatic rings. The first kappa shape index (κ1) is 29.3. The number of hydrogen-bond donors (Lipinski definition) is 2. The minimum absolute atomic E-state index is 0.159. The molecule has 0 bridgehead atoms. The standard InChI is InChI=1S/C36H39N2O4P/c1-9-37-29-17-31-27(15-25(29)21(3)19-35(37,5)6)33(23-13-11-12-14-24(23)34(39)40)28-16-26-22(4)20-36(7,8)38(10-2)30(26)18-32(28)43(31,41)42/h11-20H,9-10H2,1-8H3,(H-,39,40,41,42)/p+1. The van der Waals surface area contributed by atoms with Gasteiger partial charge in [-0.25, -0.2) is 9.37 Å². The summed E-state index contributed by atoms with van der Waals surface area (Å²) in [6.45, 7) is 18.4. The lowest BCUT2D eigenvalue weighted by molar-refractivity contribution is 0.0696. The molecule has 0 radical (unpaired) electrons. The van der Waals surface area contributed by atoms with Crippen molar-refractivity contribution in [3.05, 3.63) is 99.1 Å². The lowest BCUT2D eigenvalue weighted by Crippen LogP contribution is -2.52. The monoisotopic (exact) mass is 595 g/mol. The number of aromatic carboxylic acids is 1. The third kappa shape index (κ3) is 4.22. The van der Waals surface area contributed by atoms with Crippen molar-refractivity contribution in [1.29, 1.82) is 0 Å². The molecular weight excluding hydrogens is 555 g/mol. The second kappa shape index (κ2) is 9.64. The number of rotatable bonds is 4. The summed E-state index contributed by atoms with van der Waals surface area (Å²) in [4.78, 5) is 27.0. The van der Waals surface area contributed by atoms with Crippen LogP contribution in [0.5, 0.6) is 0 Å². The average Bonchev–Trinajstić information content (AvgIpc) is 2.92. The Morgan fingerprint density at radius 1 is 0.884 bits per heavy atom. The predicted octanol–water partition coefficient (Wildman–Crippen LogP) is 4.90. The summed E-state index contributed by atoms with van der Waals surface area (Å²) in [6.07, 6.45) is 4.47. The fourth-order valence-corrected chi connectivity index (χ4v) is 9.59. The van der Waals surface area contributed by atoms with E-state index in [1.54, 1.807) is 12.1 Å². The molecule has 1 atom stereocenters. The molecule has 3 aliphatic rings. The van der Waals surface area contributed by atoms with E-state index in [2.05, 4.69) is 77.0 Å².